The van der Waals surface area contributed by atoms with Crippen LogP contribution in [0.1, 0.15) is 13.3 Å². The van der Waals surface area contributed by atoms with Gasteiger partial charge in [0.25, 0.3) is 0 Å². The van der Waals surface area contributed by atoms with Gasteiger partial charge in [-0.3, -0.25) is 4.79 Å². The van der Waals surface area contributed by atoms with Crippen molar-refractivity contribution >= 4 is 5.78 Å². The quantitative estimate of drug-likeness (QED) is 0.540. The zero-order chi connectivity index (χ0) is 6.57. The van der Waals surface area contributed by atoms with Crippen LogP contribution < -0.4 is 0 Å². The van der Waals surface area contributed by atoms with Gasteiger partial charge in [-0.15, -0.1) is 0 Å². The first-order chi connectivity index (χ1) is 3.63. The summed E-state index contributed by atoms with van der Waals surface area (Å²) in [7, 11) is 1.52. The number of rotatable bonds is 3. The molecule has 0 rings (SSSR count). The standard InChI is InChI=1S/C5H11NO2/c1-5(7)3-4-6(2)8/h8H,3-4H2,1-2H3. The Bertz CT molecular complexity index is 80.5. The van der Waals surface area contributed by atoms with Gasteiger partial charge >= 0.3 is 0 Å². The molecule has 0 saturated heterocycles. The van der Waals surface area contributed by atoms with Crippen molar-refractivity contribution in [2.75, 3.05) is 13.6 Å². The van der Waals surface area contributed by atoms with Gasteiger partial charge in [0.1, 0.15) is 5.78 Å². The van der Waals surface area contributed by atoms with Crippen LogP contribution in [-0.4, -0.2) is 29.6 Å². The Morgan fingerprint density at radius 3 is 2.38 bits per heavy atom. The van der Waals surface area contributed by atoms with Crippen molar-refractivity contribution in [2.45, 2.75) is 13.3 Å². The summed E-state index contributed by atoms with van der Waals surface area (Å²) in [6.45, 7) is 1.93. The minimum absolute atomic E-state index is 0.103. The summed E-state index contributed by atoms with van der Waals surface area (Å²) in [6, 6.07) is 0. The zero-order valence-corrected chi connectivity index (χ0v) is 5.22. The lowest BCUT2D eigenvalue weighted by Gasteiger charge is -2.03. The highest BCUT2D eigenvalue weighted by Crippen LogP contribution is 1.82. The summed E-state index contributed by atoms with van der Waals surface area (Å²) in [5, 5.41) is 9.48. The molecule has 0 amide bonds. The van der Waals surface area contributed by atoms with E-state index in [2.05, 4.69) is 0 Å². The van der Waals surface area contributed by atoms with E-state index in [1.807, 2.05) is 0 Å². The first kappa shape index (κ1) is 7.59. The van der Waals surface area contributed by atoms with Crippen LogP contribution in [0.4, 0.5) is 0 Å². The molecule has 0 bridgehead atoms. The third-order valence-electron chi connectivity index (χ3n) is 0.787. The first-order valence-electron chi connectivity index (χ1n) is 2.52. The second kappa shape index (κ2) is 3.57. The van der Waals surface area contributed by atoms with E-state index in [9.17, 15) is 4.79 Å². The zero-order valence-electron chi connectivity index (χ0n) is 5.22. The lowest BCUT2D eigenvalue weighted by molar-refractivity contribution is -0.120. The summed E-state index contributed by atoms with van der Waals surface area (Å²) >= 11 is 0. The minimum Gasteiger partial charge on any atom is -0.314 e. The van der Waals surface area contributed by atoms with Crippen LogP contribution in [-0.2, 0) is 4.79 Å². The fourth-order valence-corrected chi connectivity index (χ4v) is 0.319. The Hall–Kier alpha value is -0.410. The van der Waals surface area contributed by atoms with Crippen LogP contribution in [0.2, 0.25) is 0 Å². The molecule has 0 fully saturated rings. The van der Waals surface area contributed by atoms with E-state index in [0.717, 1.165) is 5.06 Å². The highest BCUT2D eigenvalue weighted by Gasteiger charge is 1.93. The second-order valence-corrected chi connectivity index (χ2v) is 1.83. The number of hydrogen-bond acceptors (Lipinski definition) is 3. The molecule has 0 aliphatic carbocycles. The Kier molecular flexibility index (Phi) is 3.39. The highest BCUT2D eigenvalue weighted by atomic mass is 16.5. The topological polar surface area (TPSA) is 40.5 Å². The first-order valence-corrected chi connectivity index (χ1v) is 2.52. The lowest BCUT2D eigenvalue weighted by Crippen LogP contribution is -2.15. The normalized spacial score (nSPS) is 10.0. The molecule has 0 heterocycles. The molecule has 0 spiro atoms. The van der Waals surface area contributed by atoms with E-state index in [-0.39, 0.29) is 5.78 Å². The maximum absolute atomic E-state index is 10.2. The van der Waals surface area contributed by atoms with Gasteiger partial charge in [-0.25, -0.2) is 0 Å². The molecular weight excluding hydrogens is 106 g/mol. The number of hydroxylamine groups is 2. The summed E-state index contributed by atoms with van der Waals surface area (Å²) in [6.07, 6.45) is 0.424. The minimum atomic E-state index is 0.103. The highest BCUT2D eigenvalue weighted by molar-refractivity contribution is 5.75. The molecule has 0 aromatic heterocycles. The number of nitrogens with zero attached hydrogens (tertiary/aromatic N) is 1. The predicted octanol–water partition coefficient (Wildman–Crippen LogP) is 0.287. The Labute approximate surface area is 48.9 Å². The predicted molar refractivity (Wildman–Crippen MR) is 29.7 cm³/mol. The molecule has 0 aliphatic heterocycles. The molecule has 48 valence electrons. The molecule has 0 saturated carbocycles. The third kappa shape index (κ3) is 5.59. The van der Waals surface area contributed by atoms with Crippen molar-refractivity contribution in [3.05, 3.63) is 0 Å². The van der Waals surface area contributed by atoms with Gasteiger partial charge in [0, 0.05) is 20.0 Å². The van der Waals surface area contributed by atoms with Crippen molar-refractivity contribution < 1.29 is 10.0 Å². The number of Topliss-reactive ketones (excluding diaryl/α,β-unsaturated/α-hetero) is 1. The average Bonchev–Trinajstić information content (AvgIpc) is 1.61. The second-order valence-electron chi connectivity index (χ2n) is 1.83. The molecule has 0 atom stereocenters. The maximum atomic E-state index is 10.2. The van der Waals surface area contributed by atoms with Gasteiger partial charge in [0.15, 0.2) is 0 Å². The van der Waals surface area contributed by atoms with Gasteiger partial charge in [-0.1, -0.05) is 0 Å². The molecule has 1 N–H and O–H groups in total. The van der Waals surface area contributed by atoms with Gasteiger partial charge in [-0.05, 0) is 6.92 Å². The number of hydrogen-bond donors (Lipinski definition) is 1. The van der Waals surface area contributed by atoms with Crippen LogP contribution in [0.15, 0.2) is 0 Å². The van der Waals surface area contributed by atoms with Crippen molar-refractivity contribution in [2.24, 2.45) is 0 Å². The molecule has 8 heavy (non-hydrogen) atoms. The van der Waals surface area contributed by atoms with E-state index in [4.69, 9.17) is 5.21 Å². The molecule has 3 nitrogen and oxygen atoms in total. The van der Waals surface area contributed by atoms with E-state index in [1.54, 1.807) is 0 Å². The SMILES string of the molecule is CC(=O)CCN(C)O. The molecule has 0 aromatic rings. The van der Waals surface area contributed by atoms with Crippen molar-refractivity contribution in [1.82, 2.24) is 5.06 Å². The smallest absolute Gasteiger partial charge is 0.131 e. The summed E-state index contributed by atoms with van der Waals surface area (Å²) in [5.41, 5.74) is 0. The Morgan fingerprint density at radius 1 is 1.75 bits per heavy atom. The van der Waals surface area contributed by atoms with Crippen molar-refractivity contribution in [3.8, 4) is 0 Å². The summed E-state index contributed by atoms with van der Waals surface area (Å²) in [4.78, 5) is 10.2. The lowest BCUT2D eigenvalue weighted by atomic mass is 10.3. The molecule has 3 heteroatoms. The van der Waals surface area contributed by atoms with Crippen LogP contribution in [0.25, 0.3) is 0 Å². The largest absolute Gasteiger partial charge is 0.314 e. The van der Waals surface area contributed by atoms with Gasteiger partial charge < -0.3 is 5.21 Å². The van der Waals surface area contributed by atoms with Crippen LogP contribution in [0, 0.1) is 0 Å². The maximum Gasteiger partial charge on any atom is 0.131 e. The fraction of sp³-hybridized carbons (Fsp3) is 0.800. The van der Waals surface area contributed by atoms with Gasteiger partial charge in [-0.2, -0.15) is 5.06 Å². The van der Waals surface area contributed by atoms with Crippen molar-refractivity contribution in [3.63, 3.8) is 0 Å². The Morgan fingerprint density at radius 2 is 2.25 bits per heavy atom. The third-order valence-corrected chi connectivity index (χ3v) is 0.787. The average molecular weight is 117 g/mol. The van der Waals surface area contributed by atoms with Gasteiger partial charge in [0.2, 0.25) is 0 Å². The van der Waals surface area contributed by atoms with Gasteiger partial charge in [0.05, 0.1) is 0 Å². The number of carbonyl (C=O) groups is 1. The van der Waals surface area contributed by atoms with E-state index >= 15 is 0 Å². The number of carbonyl (C=O) groups excluding carboxylic acids is 1. The van der Waals surface area contributed by atoms with E-state index in [1.165, 1.54) is 14.0 Å². The molecule has 0 aromatic carbocycles. The van der Waals surface area contributed by atoms with E-state index in [0.29, 0.717) is 13.0 Å². The Balaban J connectivity index is 3.05. The molecule has 0 unspecified atom stereocenters. The van der Waals surface area contributed by atoms with Crippen LogP contribution in [0.3, 0.4) is 0 Å². The molecule has 0 aliphatic rings. The summed E-state index contributed by atoms with van der Waals surface area (Å²) < 4.78 is 0. The fourth-order valence-electron chi connectivity index (χ4n) is 0.319. The van der Waals surface area contributed by atoms with Crippen molar-refractivity contribution in [1.29, 1.82) is 0 Å². The monoisotopic (exact) mass is 117 g/mol. The van der Waals surface area contributed by atoms with Crippen LogP contribution in [0.5, 0.6) is 0 Å². The van der Waals surface area contributed by atoms with E-state index < -0.39 is 0 Å². The molecular formula is C5H11NO2. The summed E-state index contributed by atoms with van der Waals surface area (Å²) in [5.74, 6) is 0.103. The molecule has 0 radical (unpaired) electrons. The van der Waals surface area contributed by atoms with Crippen LogP contribution >= 0.6 is 0 Å². The number of ketones is 1.